The summed E-state index contributed by atoms with van der Waals surface area (Å²) in [5.74, 6) is 1.33. The predicted octanol–water partition coefficient (Wildman–Crippen LogP) is 1.28. The molecule has 0 saturated carbocycles. The van der Waals surface area contributed by atoms with Gasteiger partial charge in [0.1, 0.15) is 5.75 Å². The number of ether oxygens (including phenoxy) is 1. The summed E-state index contributed by atoms with van der Waals surface area (Å²) >= 11 is 0. The molecule has 1 spiro atoms. The third-order valence-electron chi connectivity index (χ3n) is 4.52. The van der Waals surface area contributed by atoms with Crippen LogP contribution in [0.5, 0.6) is 5.75 Å². The molecule has 1 amide bonds. The van der Waals surface area contributed by atoms with Crippen molar-refractivity contribution in [3.63, 3.8) is 0 Å². The van der Waals surface area contributed by atoms with Crippen molar-refractivity contribution in [2.75, 3.05) is 26.7 Å². The maximum absolute atomic E-state index is 12.3. The molecule has 2 aliphatic heterocycles. The molecule has 2 atom stereocenters. The van der Waals surface area contributed by atoms with E-state index in [4.69, 9.17) is 4.74 Å². The highest BCUT2D eigenvalue weighted by Crippen LogP contribution is 2.44. The fourth-order valence-corrected chi connectivity index (χ4v) is 3.42. The van der Waals surface area contributed by atoms with Crippen LogP contribution < -0.4 is 15.4 Å². The number of rotatable bonds is 2. The molecule has 0 radical (unpaired) electrons. The first-order valence-electron chi connectivity index (χ1n) is 6.89. The van der Waals surface area contributed by atoms with Crippen molar-refractivity contribution >= 4 is 5.91 Å². The zero-order valence-electron chi connectivity index (χ0n) is 11.2. The maximum Gasteiger partial charge on any atom is 0.228 e. The maximum atomic E-state index is 12.3. The zero-order valence-corrected chi connectivity index (χ0v) is 11.2. The van der Waals surface area contributed by atoms with Gasteiger partial charge >= 0.3 is 0 Å². The number of carbonyl (C=O) groups excluding carboxylic acids is 1. The third-order valence-corrected chi connectivity index (χ3v) is 4.52. The highest BCUT2D eigenvalue weighted by Gasteiger charge is 2.50. The minimum atomic E-state index is -0.257. The Kier molecular flexibility index (Phi) is 3.19. The van der Waals surface area contributed by atoms with Gasteiger partial charge in [0.25, 0.3) is 0 Å². The first kappa shape index (κ1) is 12.5. The second-order valence-electron chi connectivity index (χ2n) is 5.47. The van der Waals surface area contributed by atoms with Crippen molar-refractivity contribution in [2.24, 2.45) is 5.41 Å². The summed E-state index contributed by atoms with van der Waals surface area (Å²) in [7, 11) is 1.67. The number of benzene rings is 1. The minimum absolute atomic E-state index is 0.209. The van der Waals surface area contributed by atoms with Crippen LogP contribution in [-0.2, 0) is 4.79 Å². The van der Waals surface area contributed by atoms with Gasteiger partial charge in [-0.05, 0) is 37.1 Å². The van der Waals surface area contributed by atoms with Gasteiger partial charge in [-0.3, -0.25) is 4.79 Å². The van der Waals surface area contributed by atoms with Crippen molar-refractivity contribution in [1.29, 1.82) is 0 Å². The average Bonchev–Trinajstić information content (AvgIpc) is 2.77. The van der Waals surface area contributed by atoms with E-state index in [1.807, 2.05) is 12.1 Å². The summed E-state index contributed by atoms with van der Waals surface area (Å²) in [6.45, 7) is 2.55. The van der Waals surface area contributed by atoms with Gasteiger partial charge in [0.15, 0.2) is 0 Å². The lowest BCUT2D eigenvalue weighted by Crippen LogP contribution is -2.47. The Labute approximate surface area is 113 Å². The van der Waals surface area contributed by atoms with Crippen molar-refractivity contribution in [3.8, 4) is 5.75 Å². The Hall–Kier alpha value is -1.55. The fraction of sp³-hybridized carbons (Fsp3) is 0.533. The van der Waals surface area contributed by atoms with Crippen LogP contribution in [0.25, 0.3) is 0 Å². The highest BCUT2D eigenvalue weighted by molar-refractivity contribution is 5.87. The van der Waals surface area contributed by atoms with E-state index in [0.29, 0.717) is 0 Å². The number of carbonyl (C=O) groups is 1. The van der Waals surface area contributed by atoms with Crippen molar-refractivity contribution in [2.45, 2.75) is 18.8 Å². The van der Waals surface area contributed by atoms with E-state index in [-0.39, 0.29) is 17.2 Å². The SMILES string of the molecule is COc1ccc(C2CNC(=O)C23CCCNC3)cc1. The molecule has 0 aromatic heterocycles. The fourth-order valence-electron chi connectivity index (χ4n) is 3.42. The van der Waals surface area contributed by atoms with Gasteiger partial charge in [-0.25, -0.2) is 0 Å². The standard InChI is InChI=1S/C15H20N2O2/c1-19-12-5-3-11(4-6-12)13-9-17-14(18)15(13)7-2-8-16-10-15/h3-6,13,16H,2,7-10H2,1H3,(H,17,18). The molecular formula is C15H20N2O2. The lowest BCUT2D eigenvalue weighted by Gasteiger charge is -2.36. The van der Waals surface area contributed by atoms with E-state index in [2.05, 4.69) is 22.8 Å². The Morgan fingerprint density at radius 1 is 1.32 bits per heavy atom. The molecule has 0 aliphatic carbocycles. The van der Waals surface area contributed by atoms with Crippen LogP contribution in [0.15, 0.2) is 24.3 Å². The highest BCUT2D eigenvalue weighted by atomic mass is 16.5. The van der Waals surface area contributed by atoms with Crippen molar-refractivity contribution in [1.82, 2.24) is 10.6 Å². The van der Waals surface area contributed by atoms with Crippen molar-refractivity contribution in [3.05, 3.63) is 29.8 Å². The molecule has 2 fully saturated rings. The number of nitrogens with one attached hydrogen (secondary N) is 2. The van der Waals surface area contributed by atoms with Gasteiger partial charge in [-0.15, -0.1) is 0 Å². The summed E-state index contributed by atoms with van der Waals surface area (Å²) < 4.78 is 5.20. The van der Waals surface area contributed by atoms with E-state index in [9.17, 15) is 4.79 Å². The predicted molar refractivity (Wildman–Crippen MR) is 73.3 cm³/mol. The Morgan fingerprint density at radius 3 is 2.74 bits per heavy atom. The van der Waals surface area contributed by atoms with Crippen LogP contribution in [0, 0.1) is 5.41 Å². The molecule has 2 saturated heterocycles. The van der Waals surface area contributed by atoms with Crippen LogP contribution in [0.2, 0.25) is 0 Å². The van der Waals surface area contributed by atoms with Gasteiger partial charge in [-0.2, -0.15) is 0 Å². The third kappa shape index (κ3) is 2.00. The molecule has 1 aromatic rings. The summed E-state index contributed by atoms with van der Waals surface area (Å²) in [5.41, 5.74) is 0.968. The summed E-state index contributed by atoms with van der Waals surface area (Å²) in [6, 6.07) is 8.12. The largest absolute Gasteiger partial charge is 0.497 e. The monoisotopic (exact) mass is 260 g/mol. The van der Waals surface area contributed by atoms with Gasteiger partial charge in [0, 0.05) is 19.0 Å². The molecule has 4 nitrogen and oxygen atoms in total. The van der Waals surface area contributed by atoms with E-state index in [1.54, 1.807) is 7.11 Å². The number of piperidine rings is 1. The molecule has 2 N–H and O–H groups in total. The van der Waals surface area contributed by atoms with Crippen LogP contribution in [0.4, 0.5) is 0 Å². The second-order valence-corrected chi connectivity index (χ2v) is 5.47. The topological polar surface area (TPSA) is 50.4 Å². The Balaban J connectivity index is 1.91. The van der Waals surface area contributed by atoms with Gasteiger partial charge in [-0.1, -0.05) is 12.1 Å². The lowest BCUT2D eigenvalue weighted by molar-refractivity contribution is -0.129. The summed E-state index contributed by atoms with van der Waals surface area (Å²) in [4.78, 5) is 12.3. The molecule has 4 heteroatoms. The van der Waals surface area contributed by atoms with Crippen LogP contribution in [0.1, 0.15) is 24.3 Å². The molecule has 3 rings (SSSR count). The molecule has 19 heavy (non-hydrogen) atoms. The first-order chi connectivity index (χ1) is 9.26. The van der Waals surface area contributed by atoms with E-state index in [1.165, 1.54) is 5.56 Å². The summed E-state index contributed by atoms with van der Waals surface area (Å²) in [6.07, 6.45) is 2.04. The van der Waals surface area contributed by atoms with Gasteiger partial charge in [0.05, 0.1) is 12.5 Å². The first-order valence-corrected chi connectivity index (χ1v) is 6.89. The van der Waals surface area contributed by atoms with Crippen LogP contribution >= 0.6 is 0 Å². The number of methoxy groups -OCH3 is 1. The average molecular weight is 260 g/mol. The molecule has 2 heterocycles. The van der Waals surface area contributed by atoms with Gasteiger partial charge in [0.2, 0.25) is 5.91 Å². The van der Waals surface area contributed by atoms with Crippen LogP contribution in [-0.4, -0.2) is 32.7 Å². The van der Waals surface area contributed by atoms with E-state index >= 15 is 0 Å². The summed E-state index contributed by atoms with van der Waals surface area (Å²) in [5, 5.41) is 6.43. The van der Waals surface area contributed by atoms with Gasteiger partial charge < -0.3 is 15.4 Å². The molecule has 2 unspecified atom stereocenters. The quantitative estimate of drug-likeness (QED) is 0.842. The van der Waals surface area contributed by atoms with Crippen molar-refractivity contribution < 1.29 is 9.53 Å². The number of hydrogen-bond acceptors (Lipinski definition) is 3. The molecule has 2 aliphatic rings. The zero-order chi connectivity index (χ0) is 13.3. The molecule has 0 bridgehead atoms. The second kappa shape index (κ2) is 4.85. The smallest absolute Gasteiger partial charge is 0.228 e. The van der Waals surface area contributed by atoms with E-state index in [0.717, 1.165) is 38.2 Å². The minimum Gasteiger partial charge on any atom is -0.497 e. The number of hydrogen-bond donors (Lipinski definition) is 2. The normalized spacial score (nSPS) is 30.4. The molecular weight excluding hydrogens is 240 g/mol. The molecule has 1 aromatic carbocycles. The lowest BCUT2D eigenvalue weighted by atomic mass is 9.69. The molecule has 102 valence electrons. The Morgan fingerprint density at radius 2 is 2.11 bits per heavy atom. The van der Waals surface area contributed by atoms with Crippen LogP contribution in [0.3, 0.4) is 0 Å². The number of amides is 1. The van der Waals surface area contributed by atoms with E-state index < -0.39 is 0 Å². The Bertz CT molecular complexity index is 464.